The zero-order valence-electron chi connectivity index (χ0n) is 10.9. The van der Waals surface area contributed by atoms with E-state index in [0.29, 0.717) is 23.1 Å². The Bertz CT molecular complexity index is 523. The van der Waals surface area contributed by atoms with Gasteiger partial charge >= 0.3 is 0 Å². The van der Waals surface area contributed by atoms with E-state index in [1.54, 1.807) is 6.07 Å². The van der Waals surface area contributed by atoms with Crippen LogP contribution in [0.25, 0.3) is 0 Å². The summed E-state index contributed by atoms with van der Waals surface area (Å²) >= 11 is 0. The molecule has 18 heavy (non-hydrogen) atoms. The number of rotatable bonds is 4. The molecule has 0 saturated carbocycles. The number of fused-ring (bicyclic) bond motifs is 1. The molecule has 1 heterocycles. The van der Waals surface area contributed by atoms with E-state index in [-0.39, 0.29) is 0 Å². The van der Waals surface area contributed by atoms with Gasteiger partial charge in [0.15, 0.2) is 9.84 Å². The summed E-state index contributed by atoms with van der Waals surface area (Å²) in [6, 6.07) is 5.81. The van der Waals surface area contributed by atoms with Crippen molar-refractivity contribution < 1.29 is 8.42 Å². The third kappa shape index (κ3) is 2.93. The highest BCUT2D eigenvalue weighted by Gasteiger charge is 2.23. The molecule has 0 bridgehead atoms. The second kappa shape index (κ2) is 5.41. The molecule has 0 aromatic heterocycles. The maximum Gasteiger partial charge on any atom is 0.178 e. The van der Waals surface area contributed by atoms with Crippen molar-refractivity contribution in [2.24, 2.45) is 11.7 Å². The van der Waals surface area contributed by atoms with Gasteiger partial charge in [0.1, 0.15) is 0 Å². The SMILES string of the molecule is CC(CCN)Cc1ccc2c(c1)CCCS2(=O)=O. The van der Waals surface area contributed by atoms with Crippen LogP contribution in [-0.4, -0.2) is 20.7 Å². The molecular weight excluding hydrogens is 246 g/mol. The fraction of sp³-hybridized carbons (Fsp3) is 0.571. The van der Waals surface area contributed by atoms with Crippen LogP contribution in [0.2, 0.25) is 0 Å². The molecule has 1 unspecified atom stereocenters. The van der Waals surface area contributed by atoms with Crippen molar-refractivity contribution in [1.82, 2.24) is 0 Å². The standard InChI is InChI=1S/C14H21NO2S/c1-11(6-7-15)9-12-4-5-14-13(10-12)3-2-8-18(14,16)17/h4-5,10-11H,2-3,6-9,15H2,1H3. The van der Waals surface area contributed by atoms with Crippen molar-refractivity contribution >= 4 is 9.84 Å². The summed E-state index contributed by atoms with van der Waals surface area (Å²) < 4.78 is 23.8. The van der Waals surface area contributed by atoms with E-state index < -0.39 is 9.84 Å². The van der Waals surface area contributed by atoms with E-state index in [9.17, 15) is 8.42 Å². The van der Waals surface area contributed by atoms with Gasteiger partial charge in [0, 0.05) is 0 Å². The van der Waals surface area contributed by atoms with E-state index >= 15 is 0 Å². The summed E-state index contributed by atoms with van der Waals surface area (Å²) in [5, 5.41) is 0. The lowest BCUT2D eigenvalue weighted by Crippen LogP contribution is -2.16. The Labute approximate surface area is 109 Å². The largest absolute Gasteiger partial charge is 0.330 e. The predicted octanol–water partition coefficient (Wildman–Crippen LogP) is 1.93. The molecule has 2 rings (SSSR count). The van der Waals surface area contributed by atoms with Crippen LogP contribution in [0, 0.1) is 5.92 Å². The molecule has 3 nitrogen and oxygen atoms in total. The van der Waals surface area contributed by atoms with Gasteiger partial charge < -0.3 is 5.73 Å². The van der Waals surface area contributed by atoms with Gasteiger partial charge in [-0.1, -0.05) is 19.1 Å². The van der Waals surface area contributed by atoms with E-state index in [0.717, 1.165) is 31.2 Å². The first-order chi connectivity index (χ1) is 8.53. The Morgan fingerprint density at radius 2 is 2.17 bits per heavy atom. The molecule has 0 fully saturated rings. The molecular formula is C14H21NO2S. The Hall–Kier alpha value is -0.870. The van der Waals surface area contributed by atoms with Gasteiger partial charge in [-0.2, -0.15) is 0 Å². The fourth-order valence-electron chi connectivity index (χ4n) is 2.61. The minimum atomic E-state index is -3.02. The van der Waals surface area contributed by atoms with Crippen molar-refractivity contribution in [2.45, 2.75) is 37.5 Å². The molecule has 4 heteroatoms. The molecule has 1 aromatic rings. The van der Waals surface area contributed by atoms with Crippen molar-refractivity contribution in [3.63, 3.8) is 0 Å². The molecule has 0 radical (unpaired) electrons. The molecule has 2 N–H and O–H groups in total. The van der Waals surface area contributed by atoms with Gasteiger partial charge in [0.25, 0.3) is 0 Å². The van der Waals surface area contributed by atoms with Crippen LogP contribution in [0.1, 0.15) is 30.9 Å². The van der Waals surface area contributed by atoms with E-state index in [2.05, 4.69) is 13.0 Å². The first-order valence-electron chi connectivity index (χ1n) is 6.57. The van der Waals surface area contributed by atoms with Crippen LogP contribution >= 0.6 is 0 Å². The first-order valence-corrected chi connectivity index (χ1v) is 8.23. The van der Waals surface area contributed by atoms with E-state index in [1.165, 1.54) is 5.56 Å². The van der Waals surface area contributed by atoms with Crippen LogP contribution in [0.4, 0.5) is 0 Å². The molecule has 0 aliphatic carbocycles. The number of sulfone groups is 1. The van der Waals surface area contributed by atoms with E-state index in [1.807, 2.05) is 6.07 Å². The maximum absolute atomic E-state index is 11.9. The topological polar surface area (TPSA) is 60.2 Å². The molecule has 0 amide bonds. The molecule has 0 spiro atoms. The van der Waals surface area contributed by atoms with Gasteiger partial charge in [0.2, 0.25) is 0 Å². The summed E-state index contributed by atoms with van der Waals surface area (Å²) in [5.41, 5.74) is 7.78. The highest BCUT2D eigenvalue weighted by Crippen LogP contribution is 2.26. The average molecular weight is 267 g/mol. The molecule has 1 aliphatic rings. The Morgan fingerprint density at radius 3 is 2.89 bits per heavy atom. The molecule has 1 atom stereocenters. The number of nitrogens with two attached hydrogens (primary N) is 1. The summed E-state index contributed by atoms with van der Waals surface area (Å²) in [7, 11) is -3.02. The smallest absolute Gasteiger partial charge is 0.178 e. The second-order valence-electron chi connectivity index (χ2n) is 5.25. The third-order valence-electron chi connectivity index (χ3n) is 3.56. The second-order valence-corrected chi connectivity index (χ2v) is 7.33. The summed E-state index contributed by atoms with van der Waals surface area (Å²) in [6.45, 7) is 2.89. The van der Waals surface area contributed by atoms with Crippen molar-refractivity contribution in [3.8, 4) is 0 Å². The molecule has 1 aliphatic heterocycles. The van der Waals surface area contributed by atoms with Crippen molar-refractivity contribution in [1.29, 1.82) is 0 Å². The Morgan fingerprint density at radius 1 is 1.39 bits per heavy atom. The number of hydrogen-bond donors (Lipinski definition) is 1. The van der Waals surface area contributed by atoms with Crippen LogP contribution in [0.15, 0.2) is 23.1 Å². The molecule has 0 saturated heterocycles. The summed E-state index contributed by atoms with van der Waals surface area (Å²) in [5.74, 6) is 0.844. The van der Waals surface area contributed by atoms with E-state index in [4.69, 9.17) is 5.73 Å². The highest BCUT2D eigenvalue weighted by atomic mass is 32.2. The first kappa shape index (κ1) is 13.6. The average Bonchev–Trinajstić information content (AvgIpc) is 2.28. The number of aryl methyl sites for hydroxylation is 1. The zero-order valence-corrected chi connectivity index (χ0v) is 11.7. The summed E-state index contributed by atoms with van der Waals surface area (Å²) in [4.78, 5) is 0.545. The van der Waals surface area contributed by atoms with Gasteiger partial charge in [-0.25, -0.2) is 8.42 Å². The van der Waals surface area contributed by atoms with Crippen LogP contribution in [0.5, 0.6) is 0 Å². The lowest BCUT2D eigenvalue weighted by molar-refractivity contribution is 0.538. The molecule has 100 valence electrons. The zero-order chi connectivity index (χ0) is 13.2. The predicted molar refractivity (Wildman–Crippen MR) is 73.4 cm³/mol. The minimum absolute atomic E-state index is 0.295. The maximum atomic E-state index is 11.9. The van der Waals surface area contributed by atoms with Crippen molar-refractivity contribution in [3.05, 3.63) is 29.3 Å². The lowest BCUT2D eigenvalue weighted by Gasteiger charge is -2.18. The lowest BCUT2D eigenvalue weighted by atomic mass is 9.96. The minimum Gasteiger partial charge on any atom is -0.330 e. The fourth-order valence-corrected chi connectivity index (χ4v) is 4.19. The Kier molecular flexibility index (Phi) is 4.07. The monoisotopic (exact) mass is 267 g/mol. The van der Waals surface area contributed by atoms with Gasteiger partial charge in [-0.15, -0.1) is 0 Å². The highest BCUT2D eigenvalue weighted by molar-refractivity contribution is 7.91. The Balaban J connectivity index is 2.22. The van der Waals surface area contributed by atoms with Gasteiger partial charge in [-0.05, 0) is 55.3 Å². The third-order valence-corrected chi connectivity index (χ3v) is 5.46. The number of hydrogen-bond acceptors (Lipinski definition) is 3. The number of benzene rings is 1. The molecule has 1 aromatic carbocycles. The van der Waals surface area contributed by atoms with Crippen LogP contribution < -0.4 is 5.73 Å². The van der Waals surface area contributed by atoms with Gasteiger partial charge in [-0.3, -0.25) is 0 Å². The quantitative estimate of drug-likeness (QED) is 0.907. The van der Waals surface area contributed by atoms with Crippen LogP contribution in [0.3, 0.4) is 0 Å². The van der Waals surface area contributed by atoms with Crippen molar-refractivity contribution in [2.75, 3.05) is 12.3 Å². The van der Waals surface area contributed by atoms with Gasteiger partial charge in [0.05, 0.1) is 10.6 Å². The summed E-state index contributed by atoms with van der Waals surface area (Å²) in [6.07, 6.45) is 3.62. The normalized spacial score (nSPS) is 19.2. The van der Waals surface area contributed by atoms with Crippen LogP contribution in [-0.2, 0) is 22.7 Å².